The number of benzene rings is 1. The van der Waals surface area contributed by atoms with Crippen molar-refractivity contribution >= 4 is 11.7 Å². The number of piperidine rings is 1. The molecule has 27 heavy (non-hydrogen) atoms. The van der Waals surface area contributed by atoms with E-state index in [1.54, 1.807) is 36.5 Å². The Morgan fingerprint density at radius 3 is 2.59 bits per heavy atom. The molecule has 2 aromatic rings. The molecule has 0 N–H and O–H groups in total. The van der Waals surface area contributed by atoms with Gasteiger partial charge in [-0.3, -0.25) is 9.59 Å². The highest BCUT2D eigenvalue weighted by Crippen LogP contribution is 2.37. The van der Waals surface area contributed by atoms with E-state index in [-0.39, 0.29) is 17.6 Å². The average Bonchev–Trinajstić information content (AvgIpc) is 3.58. The quantitative estimate of drug-likeness (QED) is 0.762. The van der Waals surface area contributed by atoms with Crippen molar-refractivity contribution < 1.29 is 14.3 Å². The van der Waals surface area contributed by atoms with Crippen molar-refractivity contribution in [3.05, 3.63) is 53.6 Å². The zero-order chi connectivity index (χ0) is 18.8. The highest BCUT2D eigenvalue weighted by atomic mass is 16.5. The molecule has 2 heterocycles. The molecule has 1 saturated carbocycles. The Balaban J connectivity index is 1.45. The summed E-state index contributed by atoms with van der Waals surface area (Å²) in [4.78, 5) is 36.1. The van der Waals surface area contributed by atoms with Gasteiger partial charge < -0.3 is 9.64 Å². The van der Waals surface area contributed by atoms with Crippen molar-refractivity contribution in [3.63, 3.8) is 0 Å². The summed E-state index contributed by atoms with van der Waals surface area (Å²) in [5, 5.41) is 0. The van der Waals surface area contributed by atoms with E-state index in [0.29, 0.717) is 35.9 Å². The molecule has 0 unspecified atom stereocenters. The molecule has 1 amide bonds. The minimum absolute atomic E-state index is 0.0618. The number of carbonyl (C=O) groups is 2. The van der Waals surface area contributed by atoms with Crippen LogP contribution in [0.5, 0.6) is 5.75 Å². The Labute approximate surface area is 158 Å². The Kier molecular flexibility index (Phi) is 4.88. The smallest absolute Gasteiger partial charge is 0.257 e. The summed E-state index contributed by atoms with van der Waals surface area (Å²) in [6.07, 6.45) is 7.11. The number of likely N-dealkylation sites (tertiary alicyclic amines) is 1. The van der Waals surface area contributed by atoms with Crippen LogP contribution in [0.4, 0.5) is 0 Å². The molecule has 4 rings (SSSR count). The third-order valence-corrected chi connectivity index (χ3v) is 5.29. The molecule has 0 spiro atoms. The van der Waals surface area contributed by atoms with Crippen molar-refractivity contribution in [2.75, 3.05) is 20.2 Å². The zero-order valence-corrected chi connectivity index (χ0v) is 15.4. The van der Waals surface area contributed by atoms with Crippen molar-refractivity contribution in [2.45, 2.75) is 31.6 Å². The molecule has 6 nitrogen and oxygen atoms in total. The van der Waals surface area contributed by atoms with Crippen LogP contribution in [0, 0.1) is 5.92 Å². The van der Waals surface area contributed by atoms with Gasteiger partial charge in [0, 0.05) is 42.9 Å². The molecule has 6 heteroatoms. The number of ketones is 1. The largest absolute Gasteiger partial charge is 0.497 e. The van der Waals surface area contributed by atoms with Gasteiger partial charge in [-0.05, 0) is 37.8 Å². The summed E-state index contributed by atoms with van der Waals surface area (Å²) in [6.45, 7) is 1.09. The molecule has 140 valence electrons. The van der Waals surface area contributed by atoms with Crippen molar-refractivity contribution in [3.8, 4) is 5.75 Å². The molecule has 1 atom stereocenters. The van der Waals surface area contributed by atoms with Gasteiger partial charge in [0.25, 0.3) is 5.91 Å². The molecule has 1 aliphatic heterocycles. The van der Waals surface area contributed by atoms with Crippen LogP contribution in [-0.2, 0) is 0 Å². The molecule has 2 aliphatic rings. The van der Waals surface area contributed by atoms with Gasteiger partial charge in [-0.25, -0.2) is 9.97 Å². The van der Waals surface area contributed by atoms with Gasteiger partial charge >= 0.3 is 0 Å². The van der Waals surface area contributed by atoms with E-state index in [0.717, 1.165) is 31.5 Å². The lowest BCUT2D eigenvalue weighted by Gasteiger charge is -2.32. The lowest BCUT2D eigenvalue weighted by molar-refractivity contribution is 0.0636. The maximum Gasteiger partial charge on any atom is 0.257 e. The number of aromatic nitrogens is 2. The summed E-state index contributed by atoms with van der Waals surface area (Å²) in [7, 11) is 1.58. The lowest BCUT2D eigenvalue weighted by atomic mass is 9.89. The van der Waals surface area contributed by atoms with Gasteiger partial charge in [0.15, 0.2) is 5.78 Å². The molecule has 1 saturated heterocycles. The molecule has 0 bridgehead atoms. The number of hydrogen-bond donors (Lipinski definition) is 0. The Morgan fingerprint density at radius 2 is 1.89 bits per heavy atom. The maximum atomic E-state index is 12.9. The standard InChI is InChI=1S/C21H23N3O3/c1-27-18-6-2-4-15(10-18)19(25)16-5-3-9-24(13-16)21(26)17-11-22-20(23-12-17)14-7-8-14/h2,4,6,10-12,14,16H,3,5,7-9,13H2,1H3/t16-/m1/s1. The molecule has 1 aromatic heterocycles. The Hall–Kier alpha value is -2.76. The first-order valence-electron chi connectivity index (χ1n) is 9.45. The number of methoxy groups -OCH3 is 1. The first kappa shape index (κ1) is 17.6. The second-order valence-corrected chi connectivity index (χ2v) is 7.29. The fourth-order valence-electron chi connectivity index (χ4n) is 3.57. The average molecular weight is 365 g/mol. The monoisotopic (exact) mass is 365 g/mol. The van der Waals surface area contributed by atoms with E-state index in [1.165, 1.54) is 0 Å². The fourth-order valence-corrected chi connectivity index (χ4v) is 3.57. The highest BCUT2D eigenvalue weighted by Gasteiger charge is 2.31. The Morgan fingerprint density at radius 1 is 1.11 bits per heavy atom. The predicted octanol–water partition coefficient (Wildman–Crippen LogP) is 3.10. The van der Waals surface area contributed by atoms with Crippen LogP contribution in [0.15, 0.2) is 36.7 Å². The first-order chi connectivity index (χ1) is 13.2. The third kappa shape index (κ3) is 3.84. The van der Waals surface area contributed by atoms with Crippen molar-refractivity contribution in [2.24, 2.45) is 5.92 Å². The van der Waals surface area contributed by atoms with E-state index >= 15 is 0 Å². The fraction of sp³-hybridized carbons (Fsp3) is 0.429. The second-order valence-electron chi connectivity index (χ2n) is 7.29. The van der Waals surface area contributed by atoms with Gasteiger partial charge in [-0.1, -0.05) is 12.1 Å². The topological polar surface area (TPSA) is 72.4 Å². The molecule has 1 aliphatic carbocycles. The van der Waals surface area contributed by atoms with Crippen LogP contribution < -0.4 is 4.74 Å². The van der Waals surface area contributed by atoms with Gasteiger partial charge in [-0.15, -0.1) is 0 Å². The van der Waals surface area contributed by atoms with Crippen LogP contribution in [0.2, 0.25) is 0 Å². The summed E-state index contributed by atoms with van der Waals surface area (Å²) >= 11 is 0. The van der Waals surface area contributed by atoms with Gasteiger partial charge in [0.05, 0.1) is 12.7 Å². The minimum Gasteiger partial charge on any atom is -0.497 e. The second kappa shape index (κ2) is 7.47. The van der Waals surface area contributed by atoms with Crippen LogP contribution in [-0.4, -0.2) is 46.8 Å². The van der Waals surface area contributed by atoms with Crippen LogP contribution >= 0.6 is 0 Å². The van der Waals surface area contributed by atoms with E-state index in [2.05, 4.69) is 9.97 Å². The van der Waals surface area contributed by atoms with E-state index in [4.69, 9.17) is 4.74 Å². The number of Topliss-reactive ketones (excluding diaryl/α,β-unsaturated/α-hetero) is 1. The van der Waals surface area contributed by atoms with E-state index < -0.39 is 0 Å². The van der Waals surface area contributed by atoms with E-state index in [1.807, 2.05) is 12.1 Å². The van der Waals surface area contributed by atoms with E-state index in [9.17, 15) is 9.59 Å². The van der Waals surface area contributed by atoms with Crippen molar-refractivity contribution in [1.82, 2.24) is 14.9 Å². The lowest BCUT2D eigenvalue weighted by Crippen LogP contribution is -2.42. The van der Waals surface area contributed by atoms with Crippen LogP contribution in [0.3, 0.4) is 0 Å². The highest BCUT2D eigenvalue weighted by molar-refractivity contribution is 5.99. The zero-order valence-electron chi connectivity index (χ0n) is 15.4. The first-order valence-corrected chi connectivity index (χ1v) is 9.45. The van der Waals surface area contributed by atoms with Gasteiger partial charge in [0.1, 0.15) is 11.6 Å². The van der Waals surface area contributed by atoms with Gasteiger partial charge in [-0.2, -0.15) is 0 Å². The summed E-state index contributed by atoms with van der Waals surface area (Å²) in [6, 6.07) is 7.19. The van der Waals surface area contributed by atoms with Gasteiger partial charge in [0.2, 0.25) is 0 Å². The summed E-state index contributed by atoms with van der Waals surface area (Å²) < 4.78 is 5.21. The number of ether oxygens (including phenoxy) is 1. The predicted molar refractivity (Wildman–Crippen MR) is 100.0 cm³/mol. The number of rotatable bonds is 5. The SMILES string of the molecule is COc1cccc(C(=O)[C@@H]2CCCN(C(=O)c3cnc(C4CC4)nc3)C2)c1. The molecular formula is C21H23N3O3. The summed E-state index contributed by atoms with van der Waals surface area (Å²) in [5.74, 6) is 1.73. The third-order valence-electron chi connectivity index (χ3n) is 5.29. The number of nitrogens with zero attached hydrogens (tertiary/aromatic N) is 3. The Bertz CT molecular complexity index is 846. The number of carbonyl (C=O) groups excluding carboxylic acids is 2. The maximum absolute atomic E-state index is 12.9. The minimum atomic E-state index is -0.193. The molecule has 1 aromatic carbocycles. The molecule has 0 radical (unpaired) electrons. The van der Waals surface area contributed by atoms with Crippen LogP contribution in [0.1, 0.15) is 58.1 Å². The normalized spacial score (nSPS) is 19.6. The molecular weight excluding hydrogens is 342 g/mol. The number of hydrogen-bond acceptors (Lipinski definition) is 5. The summed E-state index contributed by atoms with van der Waals surface area (Å²) in [5.41, 5.74) is 1.12. The van der Waals surface area contributed by atoms with Crippen LogP contribution in [0.25, 0.3) is 0 Å². The van der Waals surface area contributed by atoms with Crippen molar-refractivity contribution in [1.29, 1.82) is 0 Å². The number of amides is 1. The molecule has 2 fully saturated rings.